The number of aromatic nitrogens is 3. The highest BCUT2D eigenvalue weighted by molar-refractivity contribution is 6.33. The summed E-state index contributed by atoms with van der Waals surface area (Å²) in [5, 5.41) is 2.01. The van der Waals surface area contributed by atoms with Gasteiger partial charge in [-0.25, -0.2) is 9.18 Å². The highest BCUT2D eigenvalue weighted by Gasteiger charge is 2.34. The van der Waals surface area contributed by atoms with E-state index < -0.39 is 17.0 Å². The molecular weight excluding hydrogens is 494 g/mol. The molecule has 35 heavy (non-hydrogen) atoms. The normalized spacial score (nSPS) is 19.5. The average molecular weight is 512 g/mol. The number of ether oxygens (including phenoxy) is 1. The Bertz CT molecular complexity index is 1650. The summed E-state index contributed by atoms with van der Waals surface area (Å²) in [5.41, 5.74) is 6.04. The maximum atomic E-state index is 16.1. The third-order valence-electron chi connectivity index (χ3n) is 6.32. The molecule has 3 aliphatic rings. The summed E-state index contributed by atoms with van der Waals surface area (Å²) < 4.78 is 21.8. The summed E-state index contributed by atoms with van der Waals surface area (Å²) in [4.78, 5) is 30.0. The molecule has 0 radical (unpaired) electrons. The van der Waals surface area contributed by atoms with Crippen LogP contribution in [0.2, 0.25) is 5.02 Å². The van der Waals surface area contributed by atoms with Crippen LogP contribution in [0, 0.1) is 17.8 Å². The minimum Gasteiger partial charge on any atom is -0.399 e. The van der Waals surface area contributed by atoms with Gasteiger partial charge in [0.2, 0.25) is 0 Å². The first kappa shape index (κ1) is 22.0. The van der Waals surface area contributed by atoms with Gasteiger partial charge in [0.25, 0.3) is 0 Å². The molecule has 3 N–H and O–H groups in total. The van der Waals surface area contributed by atoms with E-state index >= 15 is 4.39 Å². The SMILES string of the molecule is Nc1cc2c3c(c(Cl)ccc3c1)C#[N+][C@H](Cl)[C@@H]1COCCN(C1)c1nc(=O)[nH]c3c(F)c-2ncc13. The van der Waals surface area contributed by atoms with Gasteiger partial charge in [-0.3, -0.25) is 4.98 Å². The van der Waals surface area contributed by atoms with Crippen molar-refractivity contribution in [2.75, 3.05) is 36.9 Å². The van der Waals surface area contributed by atoms with E-state index in [9.17, 15) is 4.79 Å². The molecule has 7 rings (SSSR count). The molecule has 6 bridgehead atoms. The largest absolute Gasteiger partial charge is 0.399 e. The zero-order chi connectivity index (χ0) is 24.3. The van der Waals surface area contributed by atoms with E-state index in [1.807, 2.05) is 4.90 Å². The van der Waals surface area contributed by atoms with E-state index in [1.165, 1.54) is 6.20 Å². The monoisotopic (exact) mass is 511 g/mol. The van der Waals surface area contributed by atoms with E-state index in [1.54, 1.807) is 24.3 Å². The van der Waals surface area contributed by atoms with Crippen molar-refractivity contribution in [3.8, 4) is 17.3 Å². The molecule has 0 unspecified atom stereocenters. The molecule has 11 heteroatoms. The van der Waals surface area contributed by atoms with Gasteiger partial charge in [-0.15, -0.1) is 0 Å². The van der Waals surface area contributed by atoms with Crippen LogP contribution in [-0.4, -0.2) is 46.8 Å². The highest BCUT2D eigenvalue weighted by atomic mass is 35.5. The molecule has 2 aromatic carbocycles. The summed E-state index contributed by atoms with van der Waals surface area (Å²) >= 11 is 13.3. The van der Waals surface area contributed by atoms with Crippen LogP contribution < -0.4 is 16.3 Å². The Balaban J connectivity index is 1.78. The highest BCUT2D eigenvalue weighted by Crippen LogP contribution is 2.39. The van der Waals surface area contributed by atoms with Gasteiger partial charge in [0, 0.05) is 35.9 Å². The molecule has 1 fully saturated rings. The van der Waals surface area contributed by atoms with E-state index in [2.05, 4.69) is 25.9 Å². The second-order valence-corrected chi connectivity index (χ2v) is 9.41. The van der Waals surface area contributed by atoms with E-state index in [4.69, 9.17) is 33.7 Å². The Morgan fingerprint density at radius 3 is 3.06 bits per heavy atom. The number of halogens is 3. The standard InChI is InChI=1S/C24H17Cl2FN6O2/c25-17-2-1-11-5-13(28)6-14-18(11)15(17)7-30-22(26)12-9-33(3-4-35-10-12)23-16-8-29-20(14)19(27)21(16)31-24(34)32-23/h1-2,5-6,8,12,22H,3-4,9-10,28H2/p+1/t12-,22-/m0/s1. The fourth-order valence-corrected chi connectivity index (χ4v) is 5.09. The van der Waals surface area contributed by atoms with Gasteiger partial charge >= 0.3 is 17.3 Å². The molecule has 8 nitrogen and oxygen atoms in total. The number of nitrogens with zero attached hydrogens (tertiary/aromatic N) is 4. The number of hydrogen-bond donors (Lipinski definition) is 2. The number of nitrogens with two attached hydrogens (primary N) is 1. The van der Waals surface area contributed by atoms with Crippen LogP contribution in [0.15, 0.2) is 35.3 Å². The van der Waals surface area contributed by atoms with Crippen molar-refractivity contribution in [2.45, 2.75) is 5.50 Å². The zero-order valence-corrected chi connectivity index (χ0v) is 19.7. The van der Waals surface area contributed by atoms with E-state index in [0.717, 1.165) is 0 Å². The lowest BCUT2D eigenvalue weighted by Gasteiger charge is -2.24. The molecule has 0 amide bonds. The minimum atomic E-state index is -0.701. The van der Waals surface area contributed by atoms with Gasteiger partial charge in [-0.05, 0) is 35.2 Å². The molecule has 2 aromatic heterocycles. The predicted octanol–water partition coefficient (Wildman–Crippen LogP) is 4.23. The Labute approximate surface area is 208 Å². The summed E-state index contributed by atoms with van der Waals surface area (Å²) in [6.45, 7) is 1.55. The summed E-state index contributed by atoms with van der Waals surface area (Å²) in [7, 11) is 0. The topological polar surface area (TPSA) is 101 Å². The van der Waals surface area contributed by atoms with Gasteiger partial charge in [-0.1, -0.05) is 22.5 Å². The molecule has 3 aliphatic heterocycles. The van der Waals surface area contributed by atoms with Gasteiger partial charge in [0.15, 0.2) is 5.82 Å². The second kappa shape index (κ2) is 8.34. The molecule has 1 saturated heterocycles. The quantitative estimate of drug-likeness (QED) is 0.208. The van der Waals surface area contributed by atoms with Crippen LogP contribution in [0.25, 0.3) is 37.8 Å². The van der Waals surface area contributed by atoms with Crippen LogP contribution in [0.5, 0.6) is 0 Å². The smallest absolute Gasteiger partial charge is 0.352 e. The number of nitrogen functional groups attached to an aromatic ring is 1. The van der Waals surface area contributed by atoms with Crippen molar-refractivity contribution in [1.82, 2.24) is 15.0 Å². The fourth-order valence-electron chi connectivity index (χ4n) is 4.69. The fraction of sp³-hybridized carbons (Fsp3) is 0.250. The van der Waals surface area contributed by atoms with Crippen molar-refractivity contribution in [3.63, 3.8) is 0 Å². The van der Waals surface area contributed by atoms with Gasteiger partial charge in [0.05, 0.1) is 35.1 Å². The third-order valence-corrected chi connectivity index (χ3v) is 7.09. The van der Waals surface area contributed by atoms with Crippen molar-refractivity contribution in [3.05, 3.63) is 62.2 Å². The maximum Gasteiger partial charge on any atom is 0.352 e. The van der Waals surface area contributed by atoms with Crippen LogP contribution in [-0.2, 0) is 4.74 Å². The molecule has 2 atom stereocenters. The third kappa shape index (κ3) is 3.65. The predicted molar refractivity (Wildman–Crippen MR) is 135 cm³/mol. The van der Waals surface area contributed by atoms with E-state index in [0.29, 0.717) is 70.1 Å². The van der Waals surface area contributed by atoms with Gasteiger partial charge < -0.3 is 20.4 Å². The molecule has 0 saturated carbocycles. The molecule has 176 valence electrons. The summed E-state index contributed by atoms with van der Waals surface area (Å²) in [6.07, 6.45) is 1.51. The van der Waals surface area contributed by atoms with Crippen LogP contribution in [0.1, 0.15) is 5.56 Å². The molecule has 4 aromatic rings. The Morgan fingerprint density at radius 1 is 1.34 bits per heavy atom. The number of benzene rings is 2. The first-order valence-corrected chi connectivity index (χ1v) is 11.8. The van der Waals surface area contributed by atoms with Crippen molar-refractivity contribution < 1.29 is 9.13 Å². The molecule has 0 spiro atoms. The van der Waals surface area contributed by atoms with Crippen LogP contribution in [0.3, 0.4) is 0 Å². The number of aromatic amines is 1. The second-order valence-electron chi connectivity index (χ2n) is 8.56. The van der Waals surface area contributed by atoms with Gasteiger partial charge in [0.1, 0.15) is 17.1 Å². The minimum absolute atomic E-state index is 0.00278. The number of H-pyrrole nitrogens is 1. The Hall–Kier alpha value is -3.45. The van der Waals surface area contributed by atoms with Crippen molar-refractivity contribution in [2.24, 2.45) is 5.92 Å². The Kier molecular flexibility index (Phi) is 5.25. The number of pyridine rings is 1. The number of hydrogen-bond acceptors (Lipinski definition) is 6. The number of anilines is 2. The number of alkyl halides is 1. The summed E-state index contributed by atoms with van der Waals surface area (Å²) in [6, 6.07) is 9.86. The molecule has 5 heterocycles. The zero-order valence-electron chi connectivity index (χ0n) is 18.2. The van der Waals surface area contributed by atoms with Crippen LogP contribution in [0.4, 0.5) is 15.9 Å². The first-order chi connectivity index (χ1) is 16.9. The van der Waals surface area contributed by atoms with E-state index in [-0.39, 0.29) is 17.1 Å². The maximum absolute atomic E-state index is 16.1. The first-order valence-electron chi connectivity index (χ1n) is 10.9. The average Bonchev–Trinajstić information content (AvgIpc) is 3.09. The number of fused-ring (bicyclic) bond motifs is 2. The summed E-state index contributed by atoms with van der Waals surface area (Å²) in [5.74, 6) is -0.646. The van der Waals surface area contributed by atoms with Gasteiger partial charge in [-0.2, -0.15) is 4.98 Å². The number of nitrogens with one attached hydrogen (secondary N) is 1. The molecular formula is C24H18Cl2FN6O2+. The molecule has 0 aliphatic carbocycles. The van der Waals surface area contributed by atoms with Crippen molar-refractivity contribution in [1.29, 1.82) is 0 Å². The van der Waals surface area contributed by atoms with Crippen molar-refractivity contribution >= 4 is 56.4 Å². The lowest BCUT2D eigenvalue weighted by atomic mass is 9.96. The Morgan fingerprint density at radius 2 is 2.20 bits per heavy atom. The lowest BCUT2D eigenvalue weighted by molar-refractivity contribution is 0.125. The number of rotatable bonds is 0. The lowest BCUT2D eigenvalue weighted by Crippen LogP contribution is -2.35. The van der Waals surface area contributed by atoms with Crippen LogP contribution >= 0.6 is 23.2 Å².